The van der Waals surface area contributed by atoms with Crippen molar-refractivity contribution in [3.63, 3.8) is 0 Å². The molecule has 0 bridgehead atoms. The maximum absolute atomic E-state index is 11.7. The predicted molar refractivity (Wildman–Crippen MR) is 81.0 cm³/mol. The lowest BCUT2D eigenvalue weighted by molar-refractivity contribution is -0.140. The van der Waals surface area contributed by atoms with Crippen LogP contribution in [0.3, 0.4) is 0 Å². The normalized spacial score (nSPS) is 17.9. The number of carbonyl (C=O) groups is 1. The number of aryl methyl sites for hydroxylation is 3. The van der Waals surface area contributed by atoms with Crippen molar-refractivity contribution in [2.45, 2.75) is 65.0 Å². The third kappa shape index (κ3) is 3.40. The average Bonchev–Trinajstić information content (AvgIpc) is 2.37. The summed E-state index contributed by atoms with van der Waals surface area (Å²) in [5.74, 6) is -0.773. The SMILES string of the molecule is Cc1cc(C)c(C(NC2CCCCC2)C(=O)O)c(C)c1. The molecule has 2 N–H and O–H groups in total. The second kappa shape index (κ2) is 6.40. The maximum atomic E-state index is 11.7. The van der Waals surface area contributed by atoms with Gasteiger partial charge in [0, 0.05) is 6.04 Å². The summed E-state index contributed by atoms with van der Waals surface area (Å²) in [7, 11) is 0. The van der Waals surface area contributed by atoms with Crippen molar-refractivity contribution in [3.8, 4) is 0 Å². The molecule has 0 saturated heterocycles. The number of benzene rings is 1. The maximum Gasteiger partial charge on any atom is 0.325 e. The Hall–Kier alpha value is -1.35. The predicted octanol–water partition coefficient (Wildman–Crippen LogP) is 3.66. The summed E-state index contributed by atoms with van der Waals surface area (Å²) in [5, 5.41) is 13.0. The molecule has 1 aliphatic rings. The Morgan fingerprint density at radius 3 is 2.20 bits per heavy atom. The first-order valence-corrected chi connectivity index (χ1v) is 7.55. The van der Waals surface area contributed by atoms with Crippen LogP contribution in [0.4, 0.5) is 0 Å². The molecule has 0 radical (unpaired) electrons. The van der Waals surface area contributed by atoms with E-state index in [9.17, 15) is 9.90 Å². The quantitative estimate of drug-likeness (QED) is 0.881. The van der Waals surface area contributed by atoms with Crippen molar-refractivity contribution in [1.29, 1.82) is 0 Å². The van der Waals surface area contributed by atoms with Gasteiger partial charge >= 0.3 is 5.97 Å². The van der Waals surface area contributed by atoms with Gasteiger partial charge in [0.05, 0.1) is 0 Å². The van der Waals surface area contributed by atoms with Gasteiger partial charge in [-0.05, 0) is 50.3 Å². The molecule has 1 fully saturated rings. The molecular formula is C17H25NO2. The van der Waals surface area contributed by atoms with Crippen LogP contribution in [0.5, 0.6) is 0 Å². The van der Waals surface area contributed by atoms with Gasteiger partial charge in [-0.2, -0.15) is 0 Å². The van der Waals surface area contributed by atoms with E-state index in [2.05, 4.69) is 17.4 Å². The van der Waals surface area contributed by atoms with Gasteiger partial charge in [-0.3, -0.25) is 10.1 Å². The van der Waals surface area contributed by atoms with Crippen molar-refractivity contribution in [1.82, 2.24) is 5.32 Å². The lowest BCUT2D eigenvalue weighted by Crippen LogP contribution is -2.38. The third-order valence-electron chi connectivity index (χ3n) is 4.28. The number of hydrogen-bond acceptors (Lipinski definition) is 2. The molecule has 3 nitrogen and oxygen atoms in total. The molecule has 0 spiro atoms. The summed E-state index contributed by atoms with van der Waals surface area (Å²) in [6, 6.07) is 3.89. The third-order valence-corrected chi connectivity index (χ3v) is 4.28. The second-order valence-corrected chi connectivity index (χ2v) is 6.09. The molecule has 0 aliphatic heterocycles. The first-order valence-electron chi connectivity index (χ1n) is 7.55. The Morgan fingerprint density at radius 1 is 1.15 bits per heavy atom. The molecule has 1 aromatic rings. The minimum atomic E-state index is -0.773. The van der Waals surface area contributed by atoms with Crippen LogP contribution < -0.4 is 5.32 Å². The van der Waals surface area contributed by atoms with E-state index >= 15 is 0 Å². The van der Waals surface area contributed by atoms with Crippen molar-refractivity contribution < 1.29 is 9.90 Å². The van der Waals surface area contributed by atoms with E-state index in [4.69, 9.17) is 0 Å². The molecule has 1 atom stereocenters. The lowest BCUT2D eigenvalue weighted by Gasteiger charge is -2.28. The fourth-order valence-corrected chi connectivity index (χ4v) is 3.43. The van der Waals surface area contributed by atoms with Crippen molar-refractivity contribution in [2.24, 2.45) is 0 Å². The standard InChI is InChI=1S/C17H25NO2/c1-11-9-12(2)15(13(3)10-11)16(17(19)20)18-14-7-5-4-6-8-14/h9-10,14,16,18H,4-8H2,1-3H3,(H,19,20). The van der Waals surface area contributed by atoms with Crippen LogP contribution in [0.2, 0.25) is 0 Å². The molecule has 0 aromatic heterocycles. The Labute approximate surface area is 121 Å². The van der Waals surface area contributed by atoms with E-state index in [0.29, 0.717) is 6.04 Å². The molecule has 0 amide bonds. The molecule has 0 heterocycles. The number of hydrogen-bond donors (Lipinski definition) is 2. The lowest BCUT2D eigenvalue weighted by atomic mass is 9.90. The van der Waals surface area contributed by atoms with Crippen LogP contribution >= 0.6 is 0 Å². The zero-order valence-corrected chi connectivity index (χ0v) is 12.7. The van der Waals surface area contributed by atoms with Gasteiger partial charge in [0.2, 0.25) is 0 Å². The van der Waals surface area contributed by atoms with E-state index in [1.165, 1.54) is 24.8 Å². The molecule has 1 saturated carbocycles. The number of aliphatic carboxylic acids is 1. The second-order valence-electron chi connectivity index (χ2n) is 6.09. The number of nitrogens with one attached hydrogen (secondary N) is 1. The topological polar surface area (TPSA) is 49.3 Å². The number of rotatable bonds is 4. The Bertz CT molecular complexity index is 467. The molecular weight excluding hydrogens is 250 g/mol. The Balaban J connectivity index is 2.26. The average molecular weight is 275 g/mol. The zero-order valence-electron chi connectivity index (χ0n) is 12.7. The van der Waals surface area contributed by atoms with Crippen LogP contribution in [-0.2, 0) is 4.79 Å². The summed E-state index contributed by atoms with van der Waals surface area (Å²) in [6.45, 7) is 6.07. The van der Waals surface area contributed by atoms with E-state index in [1.54, 1.807) is 0 Å². The highest BCUT2D eigenvalue weighted by molar-refractivity contribution is 5.77. The number of carboxylic acids is 1. The fraction of sp³-hybridized carbons (Fsp3) is 0.588. The van der Waals surface area contributed by atoms with Gasteiger partial charge < -0.3 is 5.11 Å². The van der Waals surface area contributed by atoms with Gasteiger partial charge in [-0.15, -0.1) is 0 Å². The molecule has 1 aliphatic carbocycles. The van der Waals surface area contributed by atoms with E-state index < -0.39 is 12.0 Å². The minimum absolute atomic E-state index is 0.338. The minimum Gasteiger partial charge on any atom is -0.480 e. The molecule has 3 heteroatoms. The summed E-state index contributed by atoms with van der Waals surface area (Å²) < 4.78 is 0. The smallest absolute Gasteiger partial charge is 0.325 e. The molecule has 1 unspecified atom stereocenters. The molecule has 2 rings (SSSR count). The first-order chi connectivity index (χ1) is 9.49. The molecule has 20 heavy (non-hydrogen) atoms. The van der Waals surface area contributed by atoms with E-state index in [1.807, 2.05) is 20.8 Å². The first kappa shape index (κ1) is 15.0. The highest BCUT2D eigenvalue weighted by Crippen LogP contribution is 2.27. The van der Waals surface area contributed by atoms with Gasteiger partial charge in [0.1, 0.15) is 6.04 Å². The summed E-state index contributed by atoms with van der Waals surface area (Å²) in [4.78, 5) is 11.7. The van der Waals surface area contributed by atoms with Gasteiger partial charge in [0.25, 0.3) is 0 Å². The Morgan fingerprint density at radius 2 is 1.70 bits per heavy atom. The largest absolute Gasteiger partial charge is 0.480 e. The van der Waals surface area contributed by atoms with Gasteiger partial charge in [-0.25, -0.2) is 0 Å². The zero-order chi connectivity index (χ0) is 14.7. The summed E-state index contributed by atoms with van der Waals surface area (Å²) >= 11 is 0. The molecule has 1 aromatic carbocycles. The van der Waals surface area contributed by atoms with Crippen LogP contribution in [-0.4, -0.2) is 17.1 Å². The van der Waals surface area contributed by atoms with Crippen LogP contribution in [0.1, 0.15) is 60.4 Å². The van der Waals surface area contributed by atoms with Gasteiger partial charge in [-0.1, -0.05) is 37.0 Å². The van der Waals surface area contributed by atoms with Crippen LogP contribution in [0.25, 0.3) is 0 Å². The highest BCUT2D eigenvalue weighted by Gasteiger charge is 2.27. The van der Waals surface area contributed by atoms with Crippen molar-refractivity contribution in [3.05, 3.63) is 34.4 Å². The monoisotopic (exact) mass is 275 g/mol. The summed E-state index contributed by atoms with van der Waals surface area (Å²) in [6.07, 6.45) is 5.87. The highest BCUT2D eigenvalue weighted by atomic mass is 16.4. The number of carboxylic acid groups (broad SMARTS) is 1. The van der Waals surface area contributed by atoms with Gasteiger partial charge in [0.15, 0.2) is 0 Å². The van der Waals surface area contributed by atoms with Crippen LogP contribution in [0.15, 0.2) is 12.1 Å². The van der Waals surface area contributed by atoms with E-state index in [0.717, 1.165) is 29.5 Å². The fourth-order valence-electron chi connectivity index (χ4n) is 3.43. The van der Waals surface area contributed by atoms with E-state index in [-0.39, 0.29) is 0 Å². The van der Waals surface area contributed by atoms with Crippen LogP contribution in [0, 0.1) is 20.8 Å². The molecule has 110 valence electrons. The van der Waals surface area contributed by atoms with Crippen molar-refractivity contribution in [2.75, 3.05) is 0 Å². The Kier molecular flexibility index (Phi) is 4.81. The summed E-state index contributed by atoms with van der Waals surface area (Å²) in [5.41, 5.74) is 4.26. The van der Waals surface area contributed by atoms with Crippen molar-refractivity contribution >= 4 is 5.97 Å².